The molecule has 7 nitrogen and oxygen atoms in total. The predicted molar refractivity (Wildman–Crippen MR) is 74.4 cm³/mol. The van der Waals surface area contributed by atoms with Gasteiger partial charge in [-0.3, -0.25) is 9.59 Å². The van der Waals surface area contributed by atoms with Crippen LogP contribution in [0.4, 0.5) is 0 Å². The Balaban J connectivity index is 2.86. The van der Waals surface area contributed by atoms with Gasteiger partial charge < -0.3 is 10.2 Å². The summed E-state index contributed by atoms with van der Waals surface area (Å²) in [6, 6.07) is 5.10. The largest absolute Gasteiger partial charge is 0.481 e. The van der Waals surface area contributed by atoms with Crippen LogP contribution in [0.2, 0.25) is 0 Å². The first-order valence-electron chi connectivity index (χ1n) is 6.23. The molecule has 0 radical (unpaired) electrons. The minimum Gasteiger partial charge on any atom is -0.481 e. The van der Waals surface area contributed by atoms with Gasteiger partial charge in [0.05, 0.1) is 11.3 Å². The molecule has 1 aromatic carbocycles. The molecular weight excluding hydrogens is 298 g/mol. The topological polar surface area (TPSA) is 121 Å². The van der Waals surface area contributed by atoms with Crippen LogP contribution in [0, 0.1) is 6.92 Å². The van der Waals surface area contributed by atoms with Crippen molar-refractivity contribution in [3.8, 4) is 0 Å². The van der Waals surface area contributed by atoms with Crippen molar-refractivity contribution in [2.45, 2.75) is 37.1 Å². The van der Waals surface area contributed by atoms with Crippen molar-refractivity contribution >= 4 is 22.0 Å². The number of carboxylic acids is 2. The van der Waals surface area contributed by atoms with Gasteiger partial charge in [0.1, 0.15) is 0 Å². The molecule has 0 spiro atoms. The average Bonchev–Trinajstić information content (AvgIpc) is 2.35. The molecule has 0 aromatic heterocycles. The molecule has 116 valence electrons. The summed E-state index contributed by atoms with van der Waals surface area (Å²) in [7, 11) is -3.88. The summed E-state index contributed by atoms with van der Waals surface area (Å²) in [4.78, 5) is 21.3. The molecule has 8 heteroatoms. The van der Waals surface area contributed by atoms with Gasteiger partial charge in [-0.25, -0.2) is 13.1 Å². The number of hydrogen-bond donors (Lipinski definition) is 3. The monoisotopic (exact) mass is 315 g/mol. The van der Waals surface area contributed by atoms with Crippen LogP contribution in [-0.4, -0.2) is 36.6 Å². The standard InChI is InChI=1S/C13H17NO6S/c1-9-2-5-11(6-3-9)21(19,20)14-10(8-13(17)18)4-7-12(15)16/h2-3,5-6,10,14H,4,7-8H2,1H3,(H,15,16)(H,17,18)/t10-/m0/s1. The first-order valence-corrected chi connectivity index (χ1v) is 7.71. The second-order valence-corrected chi connectivity index (χ2v) is 6.38. The summed E-state index contributed by atoms with van der Waals surface area (Å²) >= 11 is 0. The molecule has 0 saturated carbocycles. The first kappa shape index (κ1) is 17.1. The van der Waals surface area contributed by atoms with Crippen molar-refractivity contribution in [1.29, 1.82) is 0 Å². The van der Waals surface area contributed by atoms with Gasteiger partial charge in [-0.1, -0.05) is 17.7 Å². The Hall–Kier alpha value is -1.93. The Morgan fingerprint density at radius 3 is 2.19 bits per heavy atom. The number of carboxylic acid groups (broad SMARTS) is 2. The second kappa shape index (κ2) is 7.19. The van der Waals surface area contributed by atoms with Gasteiger partial charge >= 0.3 is 11.9 Å². The van der Waals surface area contributed by atoms with Gasteiger partial charge in [-0.15, -0.1) is 0 Å². The van der Waals surface area contributed by atoms with Crippen LogP contribution in [0.25, 0.3) is 0 Å². The van der Waals surface area contributed by atoms with Crippen LogP contribution in [0.5, 0.6) is 0 Å². The van der Waals surface area contributed by atoms with Gasteiger partial charge in [-0.05, 0) is 25.5 Å². The van der Waals surface area contributed by atoms with E-state index in [0.717, 1.165) is 5.56 Å². The van der Waals surface area contributed by atoms with Crippen molar-refractivity contribution in [3.63, 3.8) is 0 Å². The Morgan fingerprint density at radius 1 is 1.14 bits per heavy atom. The quantitative estimate of drug-likeness (QED) is 0.657. The molecule has 3 N–H and O–H groups in total. The predicted octanol–water partition coefficient (Wildman–Crippen LogP) is 0.981. The Morgan fingerprint density at radius 2 is 1.71 bits per heavy atom. The molecule has 0 aliphatic carbocycles. The Labute approximate surface area is 122 Å². The molecule has 0 unspecified atom stereocenters. The van der Waals surface area contributed by atoms with Gasteiger partial charge in [-0.2, -0.15) is 0 Å². The lowest BCUT2D eigenvalue weighted by atomic mass is 10.1. The maximum atomic E-state index is 12.1. The van der Waals surface area contributed by atoms with E-state index in [-0.39, 0.29) is 17.7 Å². The third-order valence-electron chi connectivity index (χ3n) is 2.78. The maximum Gasteiger partial charge on any atom is 0.304 e. The summed E-state index contributed by atoms with van der Waals surface area (Å²) in [5, 5.41) is 17.4. The van der Waals surface area contributed by atoms with Crippen LogP contribution < -0.4 is 4.72 Å². The number of rotatable bonds is 8. The van der Waals surface area contributed by atoms with E-state index in [4.69, 9.17) is 10.2 Å². The minimum atomic E-state index is -3.88. The number of carbonyl (C=O) groups is 2. The Bertz CT molecular complexity index is 608. The van der Waals surface area contributed by atoms with Crippen molar-refractivity contribution in [2.24, 2.45) is 0 Å². The lowest BCUT2D eigenvalue weighted by Gasteiger charge is -2.16. The first-order chi connectivity index (χ1) is 9.70. The summed E-state index contributed by atoms with van der Waals surface area (Å²) < 4.78 is 26.5. The van der Waals surface area contributed by atoms with E-state index in [1.165, 1.54) is 12.1 Å². The number of sulfonamides is 1. The SMILES string of the molecule is Cc1ccc(S(=O)(=O)N[C@@H](CCC(=O)O)CC(=O)O)cc1. The number of benzene rings is 1. The van der Waals surface area contributed by atoms with Gasteiger partial charge in [0.2, 0.25) is 10.0 Å². The third-order valence-corrected chi connectivity index (χ3v) is 4.32. The molecule has 0 bridgehead atoms. The summed E-state index contributed by atoms with van der Waals surface area (Å²) in [6.45, 7) is 1.81. The molecule has 0 amide bonds. The van der Waals surface area contributed by atoms with Crippen molar-refractivity contribution < 1.29 is 28.2 Å². The normalized spacial score (nSPS) is 12.8. The molecular formula is C13H17NO6S. The highest BCUT2D eigenvalue weighted by Crippen LogP contribution is 2.13. The van der Waals surface area contributed by atoms with Gasteiger partial charge in [0.15, 0.2) is 0 Å². The number of hydrogen-bond acceptors (Lipinski definition) is 4. The van der Waals surface area contributed by atoms with E-state index >= 15 is 0 Å². The smallest absolute Gasteiger partial charge is 0.304 e. The highest BCUT2D eigenvalue weighted by molar-refractivity contribution is 7.89. The van der Waals surface area contributed by atoms with E-state index in [9.17, 15) is 18.0 Å². The fourth-order valence-electron chi connectivity index (χ4n) is 1.72. The molecule has 1 rings (SSSR count). The van der Waals surface area contributed by atoms with Gasteiger partial charge in [0, 0.05) is 12.5 Å². The van der Waals surface area contributed by atoms with Crippen molar-refractivity contribution in [3.05, 3.63) is 29.8 Å². The lowest BCUT2D eigenvalue weighted by Crippen LogP contribution is -2.36. The van der Waals surface area contributed by atoms with Crippen LogP contribution in [0.3, 0.4) is 0 Å². The zero-order chi connectivity index (χ0) is 16.0. The average molecular weight is 315 g/mol. The number of nitrogens with one attached hydrogen (secondary N) is 1. The molecule has 1 aromatic rings. The molecule has 0 fully saturated rings. The van der Waals surface area contributed by atoms with Crippen molar-refractivity contribution in [1.82, 2.24) is 4.72 Å². The fraction of sp³-hybridized carbons (Fsp3) is 0.385. The second-order valence-electron chi connectivity index (χ2n) is 4.66. The van der Waals surface area contributed by atoms with Crippen LogP contribution in [0.15, 0.2) is 29.2 Å². The summed E-state index contributed by atoms with van der Waals surface area (Å²) in [5.74, 6) is -2.31. The molecule has 1 atom stereocenters. The van der Waals surface area contributed by atoms with E-state index < -0.39 is 34.4 Å². The zero-order valence-corrected chi connectivity index (χ0v) is 12.3. The highest BCUT2D eigenvalue weighted by atomic mass is 32.2. The van der Waals surface area contributed by atoms with E-state index in [1.807, 2.05) is 6.92 Å². The van der Waals surface area contributed by atoms with E-state index in [2.05, 4.69) is 4.72 Å². The third kappa shape index (κ3) is 5.92. The Kier molecular flexibility index (Phi) is 5.86. The van der Waals surface area contributed by atoms with Crippen molar-refractivity contribution in [2.75, 3.05) is 0 Å². The molecule has 0 heterocycles. The van der Waals surface area contributed by atoms with Crippen LogP contribution in [-0.2, 0) is 19.6 Å². The summed E-state index contributed by atoms with van der Waals surface area (Å²) in [5.41, 5.74) is 0.891. The number of aryl methyl sites for hydroxylation is 1. The molecule has 21 heavy (non-hydrogen) atoms. The van der Waals surface area contributed by atoms with E-state index in [0.29, 0.717) is 0 Å². The van der Waals surface area contributed by atoms with Gasteiger partial charge in [0.25, 0.3) is 0 Å². The molecule has 0 aliphatic rings. The fourth-order valence-corrected chi connectivity index (χ4v) is 2.99. The lowest BCUT2D eigenvalue weighted by molar-refractivity contribution is -0.139. The number of aliphatic carboxylic acids is 2. The van der Waals surface area contributed by atoms with Crippen LogP contribution >= 0.6 is 0 Å². The zero-order valence-electron chi connectivity index (χ0n) is 11.4. The maximum absolute atomic E-state index is 12.1. The minimum absolute atomic E-state index is 0.0128. The van der Waals surface area contributed by atoms with Crippen LogP contribution in [0.1, 0.15) is 24.8 Å². The molecule has 0 aliphatic heterocycles. The molecule has 0 saturated heterocycles. The summed E-state index contributed by atoms with van der Waals surface area (Å²) in [6.07, 6.45) is -0.876. The van der Waals surface area contributed by atoms with E-state index in [1.54, 1.807) is 12.1 Å². The highest BCUT2D eigenvalue weighted by Gasteiger charge is 2.22.